The zero-order valence-electron chi connectivity index (χ0n) is 7.95. The first kappa shape index (κ1) is 10.7. The molecule has 1 aliphatic rings. The summed E-state index contributed by atoms with van der Waals surface area (Å²) >= 11 is 0. The molecule has 0 aromatic heterocycles. The van der Waals surface area contributed by atoms with Crippen LogP contribution in [0.5, 0.6) is 0 Å². The van der Waals surface area contributed by atoms with E-state index in [4.69, 9.17) is 5.26 Å². The summed E-state index contributed by atoms with van der Waals surface area (Å²) in [6.45, 7) is 2.02. The van der Waals surface area contributed by atoms with Crippen molar-refractivity contribution in [3.05, 3.63) is 0 Å². The van der Waals surface area contributed by atoms with Gasteiger partial charge in [0.05, 0.1) is 12.5 Å². The Labute approximate surface area is 82.0 Å². The van der Waals surface area contributed by atoms with Gasteiger partial charge in [-0.15, -0.1) is 0 Å². The Hall–Kier alpha value is -0.400. The highest BCUT2D eigenvalue weighted by Crippen LogP contribution is 2.10. The van der Waals surface area contributed by atoms with Crippen LogP contribution in [0.1, 0.15) is 26.2 Å². The highest BCUT2D eigenvalue weighted by Gasteiger charge is 2.18. The molecule has 0 saturated carbocycles. The zero-order valence-corrected chi connectivity index (χ0v) is 8.77. The van der Waals surface area contributed by atoms with Gasteiger partial charge in [0.2, 0.25) is 0 Å². The van der Waals surface area contributed by atoms with E-state index >= 15 is 0 Å². The minimum absolute atomic E-state index is 0.265. The summed E-state index contributed by atoms with van der Waals surface area (Å²) in [5, 5.41) is 11.9. The monoisotopic (exact) mass is 200 g/mol. The number of hydrogen-bond donors (Lipinski definition) is 1. The first-order valence-electron chi connectivity index (χ1n) is 4.70. The van der Waals surface area contributed by atoms with Crippen molar-refractivity contribution in [2.75, 3.05) is 11.5 Å². The predicted octanol–water partition coefficient (Wildman–Crippen LogP) is 0.789. The molecule has 1 saturated heterocycles. The van der Waals surface area contributed by atoms with E-state index in [9.17, 15) is 4.21 Å². The number of nitrogens with zero attached hydrogens (tertiary/aromatic N) is 1. The largest absolute Gasteiger partial charge is 0.310 e. The molecule has 0 aromatic carbocycles. The van der Waals surface area contributed by atoms with Gasteiger partial charge in [-0.25, -0.2) is 0 Å². The average molecular weight is 200 g/mol. The van der Waals surface area contributed by atoms with E-state index in [2.05, 4.69) is 11.4 Å². The summed E-state index contributed by atoms with van der Waals surface area (Å²) in [6, 6.07) is 2.88. The van der Waals surface area contributed by atoms with Crippen LogP contribution in [-0.4, -0.2) is 27.8 Å². The van der Waals surface area contributed by atoms with Crippen molar-refractivity contribution in [3.63, 3.8) is 0 Å². The average Bonchev–Trinajstić information content (AvgIpc) is 2.09. The third-order valence-corrected chi connectivity index (χ3v) is 3.69. The minimum Gasteiger partial charge on any atom is -0.310 e. The molecule has 1 fully saturated rings. The van der Waals surface area contributed by atoms with Gasteiger partial charge in [-0.05, 0) is 19.8 Å². The van der Waals surface area contributed by atoms with Gasteiger partial charge in [0, 0.05) is 34.4 Å². The van der Waals surface area contributed by atoms with Gasteiger partial charge >= 0.3 is 0 Å². The maximum Gasteiger partial charge on any atom is 0.0638 e. The molecule has 0 amide bonds. The molecule has 0 radical (unpaired) electrons. The van der Waals surface area contributed by atoms with E-state index in [1.807, 2.05) is 6.92 Å². The molecule has 1 unspecified atom stereocenters. The van der Waals surface area contributed by atoms with Crippen molar-refractivity contribution >= 4 is 10.8 Å². The van der Waals surface area contributed by atoms with Gasteiger partial charge in [0.25, 0.3) is 0 Å². The van der Waals surface area contributed by atoms with Crippen LogP contribution in [0.2, 0.25) is 0 Å². The van der Waals surface area contributed by atoms with Crippen LogP contribution in [-0.2, 0) is 10.8 Å². The Morgan fingerprint density at radius 1 is 1.62 bits per heavy atom. The van der Waals surface area contributed by atoms with Gasteiger partial charge in [0.15, 0.2) is 0 Å². The molecule has 13 heavy (non-hydrogen) atoms. The van der Waals surface area contributed by atoms with Crippen LogP contribution >= 0.6 is 0 Å². The maximum absolute atomic E-state index is 11.1. The van der Waals surface area contributed by atoms with E-state index in [1.54, 1.807) is 0 Å². The van der Waals surface area contributed by atoms with Gasteiger partial charge in [-0.2, -0.15) is 5.26 Å². The van der Waals surface area contributed by atoms with Crippen LogP contribution in [0.15, 0.2) is 0 Å². The van der Waals surface area contributed by atoms with Crippen LogP contribution in [0.25, 0.3) is 0 Å². The molecule has 0 aromatic rings. The third-order valence-electron chi connectivity index (χ3n) is 2.31. The molecular weight excluding hydrogens is 184 g/mol. The second-order valence-corrected chi connectivity index (χ2v) is 5.25. The van der Waals surface area contributed by atoms with E-state index in [0.717, 1.165) is 24.3 Å². The van der Waals surface area contributed by atoms with Crippen molar-refractivity contribution in [1.29, 1.82) is 5.26 Å². The number of rotatable bonds is 3. The molecular formula is C9H16N2OS. The highest BCUT2D eigenvalue weighted by atomic mass is 32.2. The van der Waals surface area contributed by atoms with Gasteiger partial charge in [-0.3, -0.25) is 4.21 Å². The van der Waals surface area contributed by atoms with E-state index in [1.165, 1.54) is 0 Å². The lowest BCUT2D eigenvalue weighted by Gasteiger charge is -2.25. The lowest BCUT2D eigenvalue weighted by atomic mass is 10.1. The maximum atomic E-state index is 11.1. The second kappa shape index (κ2) is 5.36. The summed E-state index contributed by atoms with van der Waals surface area (Å²) < 4.78 is 11.1. The normalized spacial score (nSPS) is 30.8. The third kappa shape index (κ3) is 3.88. The molecule has 0 aliphatic carbocycles. The first-order valence-corrected chi connectivity index (χ1v) is 6.19. The number of nitrogens with one attached hydrogen (secondary N) is 1. The smallest absolute Gasteiger partial charge is 0.0638 e. The molecule has 3 nitrogen and oxygen atoms in total. The van der Waals surface area contributed by atoms with E-state index < -0.39 is 10.8 Å². The quantitative estimate of drug-likeness (QED) is 0.733. The van der Waals surface area contributed by atoms with Crippen molar-refractivity contribution in [1.82, 2.24) is 5.32 Å². The van der Waals surface area contributed by atoms with E-state index in [0.29, 0.717) is 12.5 Å². The molecule has 74 valence electrons. The van der Waals surface area contributed by atoms with Crippen LogP contribution in [0.4, 0.5) is 0 Å². The van der Waals surface area contributed by atoms with Crippen molar-refractivity contribution in [2.24, 2.45) is 0 Å². The molecule has 0 spiro atoms. The fourth-order valence-electron chi connectivity index (χ4n) is 1.56. The number of hydrogen-bond acceptors (Lipinski definition) is 3. The van der Waals surface area contributed by atoms with Crippen molar-refractivity contribution < 1.29 is 4.21 Å². The predicted molar refractivity (Wildman–Crippen MR) is 53.7 cm³/mol. The van der Waals surface area contributed by atoms with Gasteiger partial charge in [0.1, 0.15) is 0 Å². The summed E-state index contributed by atoms with van der Waals surface area (Å²) in [6.07, 6.45) is 2.53. The Balaban J connectivity index is 2.22. The Bertz CT molecular complexity index is 214. The Kier molecular flexibility index (Phi) is 4.40. The van der Waals surface area contributed by atoms with Crippen LogP contribution in [0.3, 0.4) is 0 Å². The van der Waals surface area contributed by atoms with E-state index in [-0.39, 0.29) is 6.04 Å². The Morgan fingerprint density at radius 2 is 2.23 bits per heavy atom. The van der Waals surface area contributed by atoms with Crippen LogP contribution in [0, 0.1) is 11.3 Å². The topological polar surface area (TPSA) is 52.9 Å². The summed E-state index contributed by atoms with van der Waals surface area (Å²) in [5.41, 5.74) is 0. The molecule has 1 rings (SSSR count). The molecule has 1 heterocycles. The summed E-state index contributed by atoms with van der Waals surface area (Å²) in [5.74, 6) is 1.63. The number of nitriles is 1. The summed E-state index contributed by atoms with van der Waals surface area (Å²) in [7, 11) is -0.584. The highest BCUT2D eigenvalue weighted by molar-refractivity contribution is 7.85. The van der Waals surface area contributed by atoms with Crippen molar-refractivity contribution in [2.45, 2.75) is 38.3 Å². The SMILES string of the molecule is CC(CC#N)NC1CCS(=O)CC1. The molecule has 1 aliphatic heterocycles. The lowest BCUT2D eigenvalue weighted by Crippen LogP contribution is -2.40. The zero-order chi connectivity index (χ0) is 9.68. The first-order chi connectivity index (χ1) is 6.22. The molecule has 1 N–H and O–H groups in total. The minimum atomic E-state index is -0.584. The fourth-order valence-corrected chi connectivity index (χ4v) is 2.86. The molecule has 0 bridgehead atoms. The molecule has 4 heteroatoms. The molecule has 1 atom stereocenters. The van der Waals surface area contributed by atoms with Crippen LogP contribution < -0.4 is 5.32 Å². The fraction of sp³-hybridized carbons (Fsp3) is 0.889. The van der Waals surface area contributed by atoms with Gasteiger partial charge in [-0.1, -0.05) is 0 Å². The summed E-state index contributed by atoms with van der Waals surface area (Å²) in [4.78, 5) is 0. The Morgan fingerprint density at radius 3 is 2.77 bits per heavy atom. The van der Waals surface area contributed by atoms with Gasteiger partial charge < -0.3 is 5.32 Å². The second-order valence-electron chi connectivity index (χ2n) is 3.55. The van der Waals surface area contributed by atoms with Crippen molar-refractivity contribution in [3.8, 4) is 6.07 Å². The standard InChI is InChI=1S/C9H16N2OS/c1-8(2-5-10)11-9-3-6-13(12)7-4-9/h8-9,11H,2-4,6-7H2,1H3. The lowest BCUT2D eigenvalue weighted by molar-refractivity contribution is 0.422.